The highest BCUT2D eigenvalue weighted by molar-refractivity contribution is 5.94. The third kappa shape index (κ3) is 4.79. The highest BCUT2D eigenvalue weighted by atomic mass is 19.1. The molecule has 0 bridgehead atoms. The number of rotatable bonds is 7. The molecule has 2 aromatic rings. The number of nitrogens with one attached hydrogen (secondary N) is 2. The van der Waals surface area contributed by atoms with Crippen molar-refractivity contribution in [3.05, 3.63) is 54.2 Å². The fourth-order valence-corrected chi connectivity index (χ4v) is 3.77. The molecule has 0 aliphatic heterocycles. The van der Waals surface area contributed by atoms with Gasteiger partial charge in [-0.1, -0.05) is 25.8 Å². The van der Waals surface area contributed by atoms with Gasteiger partial charge in [0.15, 0.2) is 0 Å². The Labute approximate surface area is 159 Å². The number of H-pyrrole nitrogens is 1. The van der Waals surface area contributed by atoms with Crippen LogP contribution in [0.1, 0.15) is 49.5 Å². The van der Waals surface area contributed by atoms with E-state index in [1.54, 1.807) is 30.6 Å². The van der Waals surface area contributed by atoms with Gasteiger partial charge in [0, 0.05) is 29.6 Å². The third-order valence-electron chi connectivity index (χ3n) is 5.44. The molecule has 2 atom stereocenters. The first-order valence-electron chi connectivity index (χ1n) is 9.59. The summed E-state index contributed by atoms with van der Waals surface area (Å²) in [6.45, 7) is 2.26. The Hall–Kier alpha value is -2.56. The zero-order valence-electron chi connectivity index (χ0n) is 15.9. The van der Waals surface area contributed by atoms with Crippen LogP contribution in [0, 0.1) is 17.7 Å². The van der Waals surface area contributed by atoms with Crippen LogP contribution >= 0.6 is 0 Å². The zero-order valence-corrected chi connectivity index (χ0v) is 15.9. The Kier molecular flexibility index (Phi) is 6.32. The van der Waals surface area contributed by atoms with E-state index in [0.29, 0.717) is 22.6 Å². The average molecular weight is 370 g/mol. The smallest absolute Gasteiger partial charge is 0.271 e. The molecule has 4 nitrogen and oxygen atoms in total. The van der Waals surface area contributed by atoms with Crippen LogP contribution in [0.15, 0.2) is 42.7 Å². The number of benzene rings is 1. The van der Waals surface area contributed by atoms with Crippen molar-refractivity contribution in [1.82, 2.24) is 10.3 Å². The molecule has 3 rings (SSSR count). The van der Waals surface area contributed by atoms with Gasteiger partial charge >= 0.3 is 0 Å². The van der Waals surface area contributed by atoms with Gasteiger partial charge in [-0.2, -0.15) is 0 Å². The molecule has 1 fully saturated rings. The zero-order chi connectivity index (χ0) is 19.2. The number of aromatic nitrogens is 1. The molecule has 1 aromatic carbocycles. The van der Waals surface area contributed by atoms with Crippen LogP contribution in [0.4, 0.5) is 4.39 Å². The molecule has 2 N–H and O–H groups in total. The molecule has 1 heterocycles. The molecule has 1 amide bonds. The summed E-state index contributed by atoms with van der Waals surface area (Å²) >= 11 is 0. The molecule has 0 radical (unpaired) electrons. The molecule has 1 saturated carbocycles. The number of aromatic amines is 1. The summed E-state index contributed by atoms with van der Waals surface area (Å²) in [7, 11) is 1.50. The van der Waals surface area contributed by atoms with E-state index in [1.807, 2.05) is 6.08 Å². The van der Waals surface area contributed by atoms with Gasteiger partial charge in [0.05, 0.1) is 7.11 Å². The second kappa shape index (κ2) is 8.89. The monoisotopic (exact) mass is 370 g/mol. The van der Waals surface area contributed by atoms with Crippen LogP contribution in [0.25, 0.3) is 11.1 Å². The van der Waals surface area contributed by atoms with E-state index in [9.17, 15) is 9.18 Å². The van der Waals surface area contributed by atoms with Gasteiger partial charge in [0.1, 0.15) is 17.3 Å². The summed E-state index contributed by atoms with van der Waals surface area (Å²) < 4.78 is 19.2. The molecule has 1 aromatic heterocycles. The van der Waals surface area contributed by atoms with E-state index in [2.05, 4.69) is 17.2 Å². The van der Waals surface area contributed by atoms with Crippen LogP contribution in [0.2, 0.25) is 0 Å². The molecule has 1 aliphatic rings. The van der Waals surface area contributed by atoms with Gasteiger partial charge in [-0.05, 0) is 49.3 Å². The van der Waals surface area contributed by atoms with Crippen molar-refractivity contribution in [3.8, 4) is 16.9 Å². The van der Waals surface area contributed by atoms with Crippen molar-refractivity contribution >= 4 is 5.91 Å². The van der Waals surface area contributed by atoms with Gasteiger partial charge in [0.2, 0.25) is 0 Å². The molecule has 1 aliphatic carbocycles. The van der Waals surface area contributed by atoms with E-state index in [0.717, 1.165) is 18.3 Å². The minimum absolute atomic E-state index is 0.232. The first-order chi connectivity index (χ1) is 13.1. The quantitative estimate of drug-likeness (QED) is 0.696. The predicted molar refractivity (Wildman–Crippen MR) is 105 cm³/mol. The van der Waals surface area contributed by atoms with Crippen LogP contribution < -0.4 is 10.1 Å². The Bertz CT molecular complexity index is 812. The second-order valence-corrected chi connectivity index (χ2v) is 7.21. The van der Waals surface area contributed by atoms with Gasteiger partial charge in [0.25, 0.3) is 5.91 Å². The van der Waals surface area contributed by atoms with E-state index >= 15 is 0 Å². The molecule has 0 saturated heterocycles. The summed E-state index contributed by atoms with van der Waals surface area (Å²) in [6.07, 6.45) is 11.6. The van der Waals surface area contributed by atoms with E-state index < -0.39 is 0 Å². The summed E-state index contributed by atoms with van der Waals surface area (Å²) in [5, 5.41) is 2.78. The first-order valence-corrected chi connectivity index (χ1v) is 9.59. The minimum atomic E-state index is -0.387. The van der Waals surface area contributed by atoms with Crippen molar-refractivity contribution in [2.45, 2.75) is 39.0 Å². The molecular formula is C22H27FN2O2. The van der Waals surface area contributed by atoms with Crippen molar-refractivity contribution in [3.63, 3.8) is 0 Å². The van der Waals surface area contributed by atoms with Crippen LogP contribution in [-0.2, 0) is 0 Å². The molecule has 5 heteroatoms. The first kappa shape index (κ1) is 19.2. The van der Waals surface area contributed by atoms with Crippen molar-refractivity contribution in [2.75, 3.05) is 7.11 Å². The number of carbonyl (C=O) groups is 1. The topological polar surface area (TPSA) is 54.1 Å². The van der Waals surface area contributed by atoms with Crippen molar-refractivity contribution in [1.29, 1.82) is 0 Å². The van der Waals surface area contributed by atoms with Crippen LogP contribution in [-0.4, -0.2) is 18.0 Å². The largest absolute Gasteiger partial charge is 0.497 e. The molecule has 2 unspecified atom stereocenters. The van der Waals surface area contributed by atoms with E-state index in [4.69, 9.17) is 4.74 Å². The highest BCUT2D eigenvalue weighted by Gasteiger charge is 2.21. The van der Waals surface area contributed by atoms with Crippen molar-refractivity contribution < 1.29 is 13.9 Å². The number of halogens is 1. The maximum atomic E-state index is 14.2. The Morgan fingerprint density at radius 1 is 1.33 bits per heavy atom. The highest BCUT2D eigenvalue weighted by Crippen LogP contribution is 2.34. The lowest BCUT2D eigenvalue weighted by Gasteiger charge is -2.06. The average Bonchev–Trinajstić information content (AvgIpc) is 3.34. The molecule has 0 spiro atoms. The Morgan fingerprint density at radius 2 is 2.15 bits per heavy atom. The summed E-state index contributed by atoms with van der Waals surface area (Å²) in [4.78, 5) is 15.2. The predicted octanol–water partition coefficient (Wildman–Crippen LogP) is 5.29. The third-order valence-corrected chi connectivity index (χ3v) is 5.44. The maximum Gasteiger partial charge on any atom is 0.271 e. The number of methoxy groups -OCH3 is 1. The van der Waals surface area contributed by atoms with Crippen LogP contribution in [0.5, 0.6) is 5.75 Å². The van der Waals surface area contributed by atoms with Gasteiger partial charge in [-0.25, -0.2) is 4.39 Å². The number of carbonyl (C=O) groups excluding carboxylic acids is 1. The fraction of sp³-hybridized carbons (Fsp3) is 0.409. The lowest BCUT2D eigenvalue weighted by atomic mass is 10.0. The number of allylic oxidation sites excluding steroid dienone is 1. The summed E-state index contributed by atoms with van der Waals surface area (Å²) in [5.74, 6) is 1.45. The number of hydrogen-bond donors (Lipinski definition) is 2. The summed E-state index contributed by atoms with van der Waals surface area (Å²) in [6, 6.07) is 6.32. The normalized spacial score (nSPS) is 19.5. The number of ether oxygens (including phenoxy) is 1. The number of amides is 1. The number of hydrogen-bond acceptors (Lipinski definition) is 2. The van der Waals surface area contributed by atoms with Crippen molar-refractivity contribution in [2.24, 2.45) is 11.8 Å². The van der Waals surface area contributed by atoms with E-state index in [1.165, 1.54) is 38.9 Å². The van der Waals surface area contributed by atoms with Gasteiger partial charge in [-0.15, -0.1) is 0 Å². The standard InChI is InChI=1S/C22H27FN2O2/c1-3-15-6-7-16(11-15)5-4-10-24-22(26)21-12-17(14-25-21)19-9-8-18(27-2)13-20(19)23/h4,8-10,12-16,25H,3,5-7,11H2,1-2H3,(H,24,26)/b10-4-. The molecular weight excluding hydrogens is 343 g/mol. The molecule has 27 heavy (non-hydrogen) atoms. The molecule has 144 valence electrons. The van der Waals surface area contributed by atoms with E-state index in [-0.39, 0.29) is 11.7 Å². The Balaban J connectivity index is 1.55. The van der Waals surface area contributed by atoms with Gasteiger partial charge < -0.3 is 15.0 Å². The van der Waals surface area contributed by atoms with Crippen LogP contribution in [0.3, 0.4) is 0 Å². The SMILES string of the molecule is CCC1CCC(C/C=C\NC(=O)c2cc(-c3ccc(OC)cc3F)c[nH]2)C1. The minimum Gasteiger partial charge on any atom is -0.497 e. The fourth-order valence-electron chi connectivity index (χ4n) is 3.77. The lowest BCUT2D eigenvalue weighted by Crippen LogP contribution is -2.17. The second-order valence-electron chi connectivity index (χ2n) is 7.21. The van der Waals surface area contributed by atoms with Gasteiger partial charge in [-0.3, -0.25) is 4.79 Å². The summed E-state index contributed by atoms with van der Waals surface area (Å²) in [5.41, 5.74) is 1.45. The maximum absolute atomic E-state index is 14.2. The lowest BCUT2D eigenvalue weighted by molar-refractivity contribution is 0.0965. The Morgan fingerprint density at radius 3 is 2.85 bits per heavy atom.